The van der Waals surface area contributed by atoms with E-state index in [0.29, 0.717) is 40.9 Å². The first-order valence-electron chi connectivity index (χ1n) is 9.92. The SMILES string of the molecule is C[C@@](O)(CN1CCN(c2ccc(Cl)cc2C#N)[C@H](c2ccc(Cl)cc2)C1)c1cscn1. The van der Waals surface area contributed by atoms with Crippen LogP contribution in [0.15, 0.2) is 53.4 Å². The quantitative estimate of drug-likeness (QED) is 0.559. The fraction of sp³-hybridized carbons (Fsp3) is 0.304. The lowest BCUT2D eigenvalue weighted by molar-refractivity contribution is 0.00725. The molecule has 8 heteroatoms. The summed E-state index contributed by atoms with van der Waals surface area (Å²) >= 11 is 13.7. The van der Waals surface area contributed by atoms with Crippen LogP contribution in [0, 0.1) is 11.3 Å². The molecular formula is C23H22Cl2N4OS. The summed E-state index contributed by atoms with van der Waals surface area (Å²) in [5.41, 5.74) is 3.90. The summed E-state index contributed by atoms with van der Waals surface area (Å²) in [7, 11) is 0. The number of aromatic nitrogens is 1. The van der Waals surface area contributed by atoms with Gasteiger partial charge in [-0.15, -0.1) is 11.3 Å². The second kappa shape index (κ2) is 9.15. The highest BCUT2D eigenvalue weighted by Gasteiger charge is 2.34. The molecular weight excluding hydrogens is 451 g/mol. The van der Waals surface area contributed by atoms with Crippen LogP contribution in [0.2, 0.25) is 10.0 Å². The van der Waals surface area contributed by atoms with E-state index in [-0.39, 0.29) is 6.04 Å². The van der Waals surface area contributed by atoms with Crippen LogP contribution in [0.5, 0.6) is 0 Å². The Morgan fingerprint density at radius 1 is 1.19 bits per heavy atom. The van der Waals surface area contributed by atoms with Crippen molar-refractivity contribution in [2.75, 3.05) is 31.1 Å². The van der Waals surface area contributed by atoms with Gasteiger partial charge >= 0.3 is 0 Å². The van der Waals surface area contributed by atoms with E-state index in [2.05, 4.69) is 20.9 Å². The Bertz CT molecular complexity index is 1080. The number of hydrogen-bond donors (Lipinski definition) is 1. The van der Waals surface area contributed by atoms with Crippen molar-refractivity contribution in [2.24, 2.45) is 0 Å². The monoisotopic (exact) mass is 472 g/mol. The molecule has 2 heterocycles. The van der Waals surface area contributed by atoms with E-state index in [4.69, 9.17) is 23.2 Å². The molecule has 2 aromatic carbocycles. The van der Waals surface area contributed by atoms with Crippen LogP contribution in [0.3, 0.4) is 0 Å². The summed E-state index contributed by atoms with van der Waals surface area (Å²) in [6, 6.07) is 15.5. The van der Waals surface area contributed by atoms with Crippen LogP contribution in [-0.2, 0) is 5.60 Å². The highest BCUT2D eigenvalue weighted by atomic mass is 35.5. The molecule has 1 N–H and O–H groups in total. The Hall–Kier alpha value is -2.14. The molecule has 0 unspecified atom stereocenters. The molecule has 2 atom stereocenters. The van der Waals surface area contributed by atoms with Crippen LogP contribution < -0.4 is 4.90 Å². The van der Waals surface area contributed by atoms with Crippen molar-refractivity contribution in [1.82, 2.24) is 9.88 Å². The van der Waals surface area contributed by atoms with Gasteiger partial charge in [-0.2, -0.15) is 5.26 Å². The summed E-state index contributed by atoms with van der Waals surface area (Å²) in [6.45, 7) is 4.42. The van der Waals surface area contributed by atoms with E-state index in [0.717, 1.165) is 17.8 Å². The first-order valence-corrected chi connectivity index (χ1v) is 11.6. The van der Waals surface area contributed by atoms with E-state index in [9.17, 15) is 10.4 Å². The van der Waals surface area contributed by atoms with E-state index < -0.39 is 5.60 Å². The van der Waals surface area contributed by atoms with Crippen molar-refractivity contribution in [3.63, 3.8) is 0 Å². The minimum absolute atomic E-state index is 0.00877. The molecule has 1 aliphatic heterocycles. The number of nitriles is 1. The highest BCUT2D eigenvalue weighted by molar-refractivity contribution is 7.07. The molecule has 0 radical (unpaired) electrons. The van der Waals surface area contributed by atoms with Crippen LogP contribution in [0.4, 0.5) is 5.69 Å². The first kappa shape index (κ1) is 22.1. The number of anilines is 1. The molecule has 3 aromatic rings. The first-order chi connectivity index (χ1) is 14.9. The number of hydrogen-bond acceptors (Lipinski definition) is 6. The molecule has 0 saturated carbocycles. The summed E-state index contributed by atoms with van der Waals surface area (Å²) in [4.78, 5) is 8.79. The molecule has 160 valence electrons. The molecule has 1 aliphatic rings. The Morgan fingerprint density at radius 3 is 2.61 bits per heavy atom. The maximum absolute atomic E-state index is 11.0. The number of aliphatic hydroxyl groups is 1. The van der Waals surface area contributed by atoms with Gasteiger partial charge in [0, 0.05) is 41.6 Å². The van der Waals surface area contributed by atoms with Crippen LogP contribution in [0.1, 0.15) is 29.8 Å². The van der Waals surface area contributed by atoms with Crippen LogP contribution in [0.25, 0.3) is 0 Å². The van der Waals surface area contributed by atoms with Gasteiger partial charge in [0.2, 0.25) is 0 Å². The van der Waals surface area contributed by atoms with Gasteiger partial charge in [0.1, 0.15) is 11.7 Å². The number of thiazole rings is 1. The third-order valence-electron chi connectivity index (χ3n) is 5.62. The Morgan fingerprint density at radius 2 is 1.94 bits per heavy atom. The minimum Gasteiger partial charge on any atom is -0.382 e. The van der Waals surface area contributed by atoms with E-state index >= 15 is 0 Å². The number of halogens is 2. The zero-order chi connectivity index (χ0) is 22.0. The number of nitrogens with zero attached hydrogens (tertiary/aromatic N) is 4. The predicted octanol–water partition coefficient (Wildman–Crippen LogP) is 5.09. The fourth-order valence-corrected chi connectivity index (χ4v) is 5.06. The van der Waals surface area contributed by atoms with Gasteiger partial charge in [-0.1, -0.05) is 35.3 Å². The molecule has 0 spiro atoms. The molecule has 1 aromatic heterocycles. The topological polar surface area (TPSA) is 63.4 Å². The second-order valence-corrected chi connectivity index (χ2v) is 9.51. The minimum atomic E-state index is -1.04. The second-order valence-electron chi connectivity index (χ2n) is 7.92. The van der Waals surface area contributed by atoms with Crippen molar-refractivity contribution in [1.29, 1.82) is 5.26 Å². The molecule has 0 amide bonds. The van der Waals surface area contributed by atoms with Crippen molar-refractivity contribution in [2.45, 2.75) is 18.6 Å². The Labute approximate surface area is 196 Å². The summed E-state index contributed by atoms with van der Waals surface area (Å²) in [5.74, 6) is 0. The Balaban J connectivity index is 1.65. The van der Waals surface area contributed by atoms with Gasteiger partial charge < -0.3 is 10.0 Å². The molecule has 0 aliphatic carbocycles. The van der Waals surface area contributed by atoms with Crippen molar-refractivity contribution >= 4 is 40.2 Å². The third-order valence-corrected chi connectivity index (χ3v) is 6.70. The highest BCUT2D eigenvalue weighted by Crippen LogP contribution is 2.35. The average molecular weight is 473 g/mol. The fourth-order valence-electron chi connectivity index (χ4n) is 4.08. The van der Waals surface area contributed by atoms with Gasteiger partial charge in [-0.25, -0.2) is 4.98 Å². The number of rotatable bonds is 5. The molecule has 1 saturated heterocycles. The molecule has 5 nitrogen and oxygen atoms in total. The largest absolute Gasteiger partial charge is 0.382 e. The zero-order valence-corrected chi connectivity index (χ0v) is 19.3. The standard InChI is InChI=1S/C23H22Cl2N4OS/c1-23(30,22-13-31-15-27-22)14-28-8-9-29(20-7-6-19(25)10-17(20)11-26)21(12-28)16-2-4-18(24)5-3-16/h2-7,10,13,15,21,30H,8-9,12,14H2,1H3/t21-,23+/m0/s1. The maximum atomic E-state index is 11.0. The summed E-state index contributed by atoms with van der Waals surface area (Å²) in [6.07, 6.45) is 0. The lowest BCUT2D eigenvalue weighted by atomic mass is 9.97. The summed E-state index contributed by atoms with van der Waals surface area (Å²) < 4.78 is 0. The van der Waals surface area contributed by atoms with E-state index in [1.165, 1.54) is 11.3 Å². The third kappa shape index (κ3) is 4.87. The Kier molecular flexibility index (Phi) is 6.52. The van der Waals surface area contributed by atoms with E-state index in [1.807, 2.05) is 41.8 Å². The molecule has 4 rings (SSSR count). The van der Waals surface area contributed by atoms with Gasteiger partial charge in [0.25, 0.3) is 0 Å². The smallest absolute Gasteiger partial charge is 0.117 e. The normalized spacial score (nSPS) is 19.1. The van der Waals surface area contributed by atoms with Crippen molar-refractivity contribution in [3.05, 3.63) is 80.2 Å². The lowest BCUT2D eigenvalue weighted by Gasteiger charge is -2.45. The van der Waals surface area contributed by atoms with Crippen molar-refractivity contribution < 1.29 is 5.11 Å². The lowest BCUT2D eigenvalue weighted by Crippen LogP contribution is -2.52. The number of benzene rings is 2. The molecule has 1 fully saturated rings. The van der Waals surface area contributed by atoms with Crippen LogP contribution >= 0.6 is 34.5 Å². The van der Waals surface area contributed by atoms with Gasteiger partial charge in [0.15, 0.2) is 0 Å². The maximum Gasteiger partial charge on any atom is 0.117 e. The number of piperazine rings is 1. The predicted molar refractivity (Wildman–Crippen MR) is 126 cm³/mol. The van der Waals surface area contributed by atoms with Crippen LogP contribution in [-0.4, -0.2) is 41.2 Å². The molecule has 0 bridgehead atoms. The molecule has 31 heavy (non-hydrogen) atoms. The zero-order valence-electron chi connectivity index (χ0n) is 17.0. The van der Waals surface area contributed by atoms with Gasteiger partial charge in [-0.3, -0.25) is 4.90 Å². The number of β-amino-alcohol motifs (C(OH)–C–C–N with tert-alkyl or cyclic N) is 1. The van der Waals surface area contributed by atoms with Gasteiger partial charge in [-0.05, 0) is 42.8 Å². The van der Waals surface area contributed by atoms with Crippen molar-refractivity contribution in [3.8, 4) is 6.07 Å². The van der Waals surface area contributed by atoms with E-state index in [1.54, 1.807) is 18.5 Å². The van der Waals surface area contributed by atoms with Gasteiger partial charge in [0.05, 0.1) is 28.5 Å². The average Bonchev–Trinajstić information content (AvgIpc) is 3.30. The summed E-state index contributed by atoms with van der Waals surface area (Å²) in [5, 5.41) is 23.8.